The van der Waals surface area contributed by atoms with Crippen molar-refractivity contribution in [1.82, 2.24) is 4.98 Å². The van der Waals surface area contributed by atoms with Gasteiger partial charge in [0.05, 0.1) is 22.6 Å². The van der Waals surface area contributed by atoms with Crippen molar-refractivity contribution < 1.29 is 9.18 Å². The summed E-state index contributed by atoms with van der Waals surface area (Å²) in [7, 11) is 0. The van der Waals surface area contributed by atoms with Crippen molar-refractivity contribution in [2.24, 2.45) is 0 Å². The number of aromatic nitrogens is 1. The zero-order valence-electron chi connectivity index (χ0n) is 13.2. The minimum Gasteiger partial charge on any atom is -0.380 e. The first-order valence-electron chi connectivity index (χ1n) is 7.63. The highest BCUT2D eigenvalue weighted by Gasteiger charge is 2.09. The number of para-hydroxylation sites is 1. The number of benzene rings is 2. The molecule has 0 aliphatic carbocycles. The molecular weight excluding hydrogens is 341 g/mol. The van der Waals surface area contributed by atoms with Gasteiger partial charge in [-0.15, -0.1) is 0 Å². The van der Waals surface area contributed by atoms with E-state index in [1.165, 1.54) is 12.3 Å². The highest BCUT2D eigenvalue weighted by Crippen LogP contribution is 2.21. The molecule has 0 bridgehead atoms. The molecule has 2 N–H and O–H groups in total. The Morgan fingerprint density at radius 1 is 1.04 bits per heavy atom. The van der Waals surface area contributed by atoms with E-state index < -0.39 is 0 Å². The topological polar surface area (TPSA) is 54.0 Å². The van der Waals surface area contributed by atoms with Gasteiger partial charge < -0.3 is 10.6 Å². The Labute approximate surface area is 149 Å². The number of nitrogens with one attached hydrogen (secondary N) is 2. The molecule has 0 radical (unpaired) electrons. The molecule has 0 aliphatic rings. The van der Waals surface area contributed by atoms with E-state index in [4.69, 9.17) is 11.6 Å². The molecule has 0 fully saturated rings. The quantitative estimate of drug-likeness (QED) is 0.695. The highest BCUT2D eigenvalue weighted by atomic mass is 35.5. The zero-order valence-corrected chi connectivity index (χ0v) is 13.9. The van der Waals surface area contributed by atoms with Crippen LogP contribution in [0.3, 0.4) is 0 Å². The maximum Gasteiger partial charge on any atom is 0.274 e. The summed E-state index contributed by atoms with van der Waals surface area (Å²) in [4.78, 5) is 16.3. The van der Waals surface area contributed by atoms with Crippen molar-refractivity contribution in [2.45, 2.75) is 6.54 Å². The first-order valence-corrected chi connectivity index (χ1v) is 8.00. The number of anilines is 2. The van der Waals surface area contributed by atoms with Crippen LogP contribution in [0, 0.1) is 5.82 Å². The van der Waals surface area contributed by atoms with Gasteiger partial charge >= 0.3 is 0 Å². The van der Waals surface area contributed by atoms with Gasteiger partial charge in [-0.2, -0.15) is 0 Å². The Balaban J connectivity index is 1.63. The van der Waals surface area contributed by atoms with Crippen LogP contribution < -0.4 is 10.6 Å². The van der Waals surface area contributed by atoms with Crippen LogP contribution in [0.25, 0.3) is 0 Å². The fourth-order valence-corrected chi connectivity index (χ4v) is 2.40. The molecule has 25 heavy (non-hydrogen) atoms. The van der Waals surface area contributed by atoms with E-state index in [9.17, 15) is 9.18 Å². The molecule has 1 aromatic heterocycles. The lowest BCUT2D eigenvalue weighted by atomic mass is 10.2. The van der Waals surface area contributed by atoms with Crippen LogP contribution in [0.4, 0.5) is 15.8 Å². The minimum atomic E-state index is -0.353. The number of carbonyl (C=O) groups excluding carboxylic acids is 1. The number of amides is 1. The maximum absolute atomic E-state index is 13.6. The van der Waals surface area contributed by atoms with Crippen molar-refractivity contribution in [1.29, 1.82) is 0 Å². The summed E-state index contributed by atoms with van der Waals surface area (Å²) in [5, 5.41) is 6.24. The molecule has 1 heterocycles. The summed E-state index contributed by atoms with van der Waals surface area (Å²) >= 11 is 6.02. The second-order valence-corrected chi connectivity index (χ2v) is 5.72. The molecule has 4 nitrogen and oxygen atoms in total. The largest absolute Gasteiger partial charge is 0.380 e. The van der Waals surface area contributed by atoms with Crippen LogP contribution >= 0.6 is 11.6 Å². The molecule has 3 aromatic rings. The van der Waals surface area contributed by atoms with Crippen molar-refractivity contribution in [3.8, 4) is 0 Å². The van der Waals surface area contributed by atoms with Gasteiger partial charge in [-0.3, -0.25) is 4.79 Å². The third kappa shape index (κ3) is 4.33. The number of nitrogens with zero attached hydrogens (tertiary/aromatic N) is 1. The second-order valence-electron chi connectivity index (χ2n) is 5.31. The summed E-state index contributed by atoms with van der Waals surface area (Å²) in [6, 6.07) is 16.8. The van der Waals surface area contributed by atoms with Crippen molar-refractivity contribution >= 4 is 28.9 Å². The Kier molecular flexibility index (Phi) is 5.26. The van der Waals surface area contributed by atoms with E-state index in [0.717, 1.165) is 0 Å². The average Bonchev–Trinajstić information content (AvgIpc) is 2.63. The predicted octanol–water partition coefficient (Wildman–Crippen LogP) is 4.74. The lowest BCUT2D eigenvalue weighted by Crippen LogP contribution is -2.14. The molecule has 0 saturated heterocycles. The predicted molar refractivity (Wildman–Crippen MR) is 97.4 cm³/mol. The lowest BCUT2D eigenvalue weighted by Gasteiger charge is -2.09. The monoisotopic (exact) mass is 355 g/mol. The number of pyridine rings is 1. The molecule has 0 spiro atoms. The highest BCUT2D eigenvalue weighted by molar-refractivity contribution is 6.33. The fraction of sp³-hybridized carbons (Fsp3) is 0.0526. The summed E-state index contributed by atoms with van der Waals surface area (Å²) in [5.41, 5.74) is 2.04. The Morgan fingerprint density at radius 2 is 1.80 bits per heavy atom. The van der Waals surface area contributed by atoms with E-state index in [-0.39, 0.29) is 17.4 Å². The molecule has 1 amide bonds. The van der Waals surface area contributed by atoms with Gasteiger partial charge in [0.2, 0.25) is 0 Å². The Morgan fingerprint density at radius 3 is 2.52 bits per heavy atom. The van der Waals surface area contributed by atoms with E-state index in [0.29, 0.717) is 28.5 Å². The van der Waals surface area contributed by atoms with E-state index in [1.807, 2.05) is 0 Å². The van der Waals surface area contributed by atoms with Crippen LogP contribution in [0.15, 0.2) is 66.9 Å². The molecule has 2 aromatic carbocycles. The SMILES string of the molecule is O=C(Nc1ccccc1Cl)c1ccc(NCc2ccccc2F)cn1. The number of carbonyl (C=O) groups is 1. The average molecular weight is 356 g/mol. The second kappa shape index (κ2) is 7.77. The standard InChI is InChI=1S/C19H15ClFN3O/c20-15-6-2-4-8-17(15)24-19(25)18-10-9-14(12-23-18)22-11-13-5-1-3-7-16(13)21/h1-10,12,22H,11H2,(H,24,25). The third-order valence-electron chi connectivity index (χ3n) is 3.56. The first kappa shape index (κ1) is 16.9. The molecule has 3 rings (SSSR count). The summed E-state index contributed by atoms with van der Waals surface area (Å²) < 4.78 is 13.6. The van der Waals surface area contributed by atoms with Crippen molar-refractivity contribution in [2.75, 3.05) is 10.6 Å². The third-order valence-corrected chi connectivity index (χ3v) is 3.89. The van der Waals surface area contributed by atoms with Gasteiger partial charge in [-0.05, 0) is 30.3 Å². The molecule has 0 unspecified atom stereocenters. The van der Waals surface area contributed by atoms with Gasteiger partial charge in [-0.1, -0.05) is 41.9 Å². The number of halogens is 2. The molecule has 0 aliphatic heterocycles. The van der Waals surface area contributed by atoms with Gasteiger partial charge in [0, 0.05) is 12.1 Å². The molecular formula is C19H15ClFN3O. The van der Waals surface area contributed by atoms with Crippen LogP contribution in [0.1, 0.15) is 16.1 Å². The van der Waals surface area contributed by atoms with Crippen molar-refractivity contribution in [3.63, 3.8) is 0 Å². The normalized spacial score (nSPS) is 10.3. The summed E-state index contributed by atoms with van der Waals surface area (Å²) in [5.74, 6) is -0.618. The Bertz CT molecular complexity index is 884. The van der Waals surface area contributed by atoms with E-state index >= 15 is 0 Å². The fourth-order valence-electron chi connectivity index (χ4n) is 2.22. The first-order chi connectivity index (χ1) is 12.1. The number of hydrogen-bond acceptors (Lipinski definition) is 3. The van der Waals surface area contributed by atoms with Gasteiger partial charge in [0.15, 0.2) is 0 Å². The van der Waals surface area contributed by atoms with Gasteiger partial charge in [-0.25, -0.2) is 9.37 Å². The molecule has 6 heteroatoms. The summed E-state index contributed by atoms with van der Waals surface area (Å²) in [6.07, 6.45) is 1.53. The zero-order chi connectivity index (χ0) is 17.6. The smallest absolute Gasteiger partial charge is 0.274 e. The van der Waals surface area contributed by atoms with Gasteiger partial charge in [0.25, 0.3) is 5.91 Å². The van der Waals surface area contributed by atoms with Crippen LogP contribution in [-0.4, -0.2) is 10.9 Å². The van der Waals surface area contributed by atoms with Crippen LogP contribution in [-0.2, 0) is 6.54 Å². The maximum atomic E-state index is 13.6. The number of hydrogen-bond donors (Lipinski definition) is 2. The minimum absolute atomic E-state index is 0.261. The number of rotatable bonds is 5. The molecule has 126 valence electrons. The lowest BCUT2D eigenvalue weighted by molar-refractivity contribution is 0.102. The molecule has 0 atom stereocenters. The summed E-state index contributed by atoms with van der Waals surface area (Å²) in [6.45, 7) is 0.333. The van der Waals surface area contributed by atoms with Crippen LogP contribution in [0.5, 0.6) is 0 Å². The van der Waals surface area contributed by atoms with Gasteiger partial charge in [0.1, 0.15) is 11.5 Å². The Hall–Kier alpha value is -2.92. The molecule has 0 saturated carbocycles. The van der Waals surface area contributed by atoms with Crippen LogP contribution in [0.2, 0.25) is 5.02 Å². The van der Waals surface area contributed by atoms with E-state index in [1.54, 1.807) is 54.6 Å². The van der Waals surface area contributed by atoms with Crippen molar-refractivity contribution in [3.05, 3.63) is 89.0 Å². The van der Waals surface area contributed by atoms with E-state index in [2.05, 4.69) is 15.6 Å².